The van der Waals surface area contributed by atoms with Crippen molar-refractivity contribution in [2.45, 2.75) is 31.3 Å². The standard InChI is InChI=1S/C32H35N5O/c1-20-9-13-22(14-10-20)26-18-37(4)32(25-7-5-6-8-27(25)33-30(32)38)31(26)19-36(3)17-24-28(34-35-29(24)31)23-15-11-21(2)12-16-23/h5-16,24,26,28,34H,17-19H2,1-4H3,(H,33,38)/t24?,26-,28-,31?,32+/m0/s1. The van der Waals surface area contributed by atoms with Gasteiger partial charge in [0.15, 0.2) is 0 Å². The molecule has 6 heteroatoms. The summed E-state index contributed by atoms with van der Waals surface area (Å²) in [5, 5.41) is 8.48. The molecule has 6 nitrogen and oxygen atoms in total. The molecule has 5 atom stereocenters. The predicted molar refractivity (Wildman–Crippen MR) is 151 cm³/mol. The maximum Gasteiger partial charge on any atom is 0.250 e. The fraction of sp³-hybridized carbons (Fsp3) is 0.375. The zero-order valence-electron chi connectivity index (χ0n) is 22.5. The van der Waals surface area contributed by atoms with Gasteiger partial charge in [0.1, 0.15) is 5.54 Å². The lowest BCUT2D eigenvalue weighted by molar-refractivity contribution is -0.130. The van der Waals surface area contributed by atoms with Gasteiger partial charge < -0.3 is 15.6 Å². The summed E-state index contributed by atoms with van der Waals surface area (Å²) in [5.74, 6) is 0.326. The average molecular weight is 506 g/mol. The number of hydrogen-bond acceptors (Lipinski definition) is 5. The number of carbonyl (C=O) groups excluding carboxylic acids is 1. The highest BCUT2D eigenvalue weighted by Crippen LogP contribution is 2.65. The van der Waals surface area contributed by atoms with Crippen molar-refractivity contribution in [1.29, 1.82) is 0 Å². The van der Waals surface area contributed by atoms with E-state index in [1.165, 1.54) is 22.3 Å². The van der Waals surface area contributed by atoms with Gasteiger partial charge in [0.2, 0.25) is 0 Å². The molecule has 3 aromatic carbocycles. The number of nitrogens with zero attached hydrogens (tertiary/aromatic N) is 3. The number of likely N-dealkylation sites (N-methyl/N-ethyl adjacent to an activating group) is 1. The van der Waals surface area contributed by atoms with Gasteiger partial charge in [0, 0.05) is 42.7 Å². The van der Waals surface area contributed by atoms with E-state index in [1.807, 2.05) is 12.1 Å². The van der Waals surface area contributed by atoms with Crippen LogP contribution >= 0.6 is 0 Å². The van der Waals surface area contributed by atoms with Crippen molar-refractivity contribution in [3.63, 3.8) is 0 Å². The summed E-state index contributed by atoms with van der Waals surface area (Å²) in [5.41, 5.74) is 10.3. The summed E-state index contributed by atoms with van der Waals surface area (Å²) in [7, 11) is 4.33. The molecule has 38 heavy (non-hydrogen) atoms. The van der Waals surface area contributed by atoms with Crippen LogP contribution < -0.4 is 10.7 Å². The number of rotatable bonds is 2. The number of nitrogens with one attached hydrogen (secondary N) is 2. The first-order valence-corrected chi connectivity index (χ1v) is 13.6. The van der Waals surface area contributed by atoms with Gasteiger partial charge in [-0.25, -0.2) is 0 Å². The molecule has 2 fully saturated rings. The molecule has 2 saturated heterocycles. The Kier molecular flexibility index (Phi) is 5.13. The van der Waals surface area contributed by atoms with Crippen LogP contribution in [0.1, 0.15) is 39.8 Å². The van der Waals surface area contributed by atoms with E-state index in [9.17, 15) is 4.79 Å². The second-order valence-corrected chi connectivity index (χ2v) is 11.8. The fourth-order valence-electron chi connectivity index (χ4n) is 8.08. The monoisotopic (exact) mass is 505 g/mol. The molecule has 4 aliphatic heterocycles. The molecule has 4 heterocycles. The Morgan fingerprint density at radius 2 is 1.53 bits per heavy atom. The number of piperidine rings is 1. The van der Waals surface area contributed by atoms with Crippen LogP contribution in [-0.4, -0.2) is 55.1 Å². The normalized spacial score (nSPS) is 32.3. The van der Waals surface area contributed by atoms with Crippen molar-refractivity contribution < 1.29 is 4.79 Å². The zero-order chi connectivity index (χ0) is 26.2. The van der Waals surface area contributed by atoms with Gasteiger partial charge in [-0.1, -0.05) is 77.9 Å². The number of aryl methyl sites for hydroxylation is 2. The highest BCUT2D eigenvalue weighted by molar-refractivity contribution is 6.13. The van der Waals surface area contributed by atoms with E-state index >= 15 is 0 Å². The first kappa shape index (κ1) is 23.6. The number of hydrazone groups is 1. The van der Waals surface area contributed by atoms with Crippen LogP contribution in [0.2, 0.25) is 0 Å². The van der Waals surface area contributed by atoms with Gasteiger partial charge in [-0.15, -0.1) is 0 Å². The lowest BCUT2D eigenvalue weighted by atomic mass is 9.54. The van der Waals surface area contributed by atoms with Crippen molar-refractivity contribution in [1.82, 2.24) is 15.2 Å². The number of fused-ring (bicyclic) bond motifs is 5. The maximum atomic E-state index is 14.4. The third-order valence-electron chi connectivity index (χ3n) is 9.64. The molecule has 3 aromatic rings. The minimum atomic E-state index is -0.852. The summed E-state index contributed by atoms with van der Waals surface area (Å²) < 4.78 is 0. The summed E-state index contributed by atoms with van der Waals surface area (Å²) in [4.78, 5) is 19.2. The van der Waals surface area contributed by atoms with Crippen LogP contribution in [0.15, 0.2) is 77.9 Å². The van der Waals surface area contributed by atoms with Gasteiger partial charge in [-0.2, -0.15) is 5.10 Å². The number of likely N-dealkylation sites (tertiary alicyclic amines) is 2. The fourth-order valence-corrected chi connectivity index (χ4v) is 8.08. The van der Waals surface area contributed by atoms with Crippen LogP contribution in [0.4, 0.5) is 5.69 Å². The number of para-hydroxylation sites is 1. The van der Waals surface area contributed by atoms with Gasteiger partial charge in [-0.3, -0.25) is 9.69 Å². The highest BCUT2D eigenvalue weighted by atomic mass is 16.2. The first-order chi connectivity index (χ1) is 18.4. The Hall–Kier alpha value is -3.48. The number of anilines is 1. The van der Waals surface area contributed by atoms with Gasteiger partial charge in [0.05, 0.1) is 17.2 Å². The Morgan fingerprint density at radius 3 is 2.24 bits per heavy atom. The smallest absolute Gasteiger partial charge is 0.250 e. The van der Waals surface area contributed by atoms with Crippen molar-refractivity contribution in [2.24, 2.45) is 16.4 Å². The minimum Gasteiger partial charge on any atom is -0.324 e. The van der Waals surface area contributed by atoms with Crippen LogP contribution in [0, 0.1) is 25.2 Å². The molecule has 2 N–H and O–H groups in total. The Morgan fingerprint density at radius 1 is 0.868 bits per heavy atom. The molecule has 7 rings (SSSR count). The lowest BCUT2D eigenvalue weighted by Gasteiger charge is -2.53. The molecular formula is C32H35N5O. The third kappa shape index (κ3) is 2.96. The number of amides is 1. The average Bonchev–Trinajstić information content (AvgIpc) is 3.54. The summed E-state index contributed by atoms with van der Waals surface area (Å²) >= 11 is 0. The molecule has 0 bridgehead atoms. The van der Waals surface area contributed by atoms with Crippen molar-refractivity contribution in [2.75, 3.05) is 39.0 Å². The van der Waals surface area contributed by atoms with Gasteiger partial charge >= 0.3 is 0 Å². The van der Waals surface area contributed by atoms with E-state index in [0.29, 0.717) is 0 Å². The van der Waals surface area contributed by atoms with Gasteiger partial charge in [-0.05, 0) is 45.1 Å². The molecule has 4 aliphatic rings. The van der Waals surface area contributed by atoms with Gasteiger partial charge in [0.25, 0.3) is 5.91 Å². The highest BCUT2D eigenvalue weighted by Gasteiger charge is 2.74. The molecular weight excluding hydrogens is 470 g/mol. The van der Waals surface area contributed by atoms with E-state index in [-0.39, 0.29) is 23.8 Å². The molecule has 0 saturated carbocycles. The molecule has 0 aromatic heterocycles. The molecule has 0 aliphatic carbocycles. The molecule has 1 amide bonds. The SMILES string of the molecule is Cc1ccc([C@@H]2NN=C3C2CN(C)CC32[C@H](c3ccc(C)cc3)CN(C)[C@]23C(=O)Nc2ccccc23)cc1. The second-order valence-electron chi connectivity index (χ2n) is 11.8. The summed E-state index contributed by atoms with van der Waals surface area (Å²) in [6.45, 7) is 6.69. The second kappa shape index (κ2) is 8.26. The topological polar surface area (TPSA) is 60.0 Å². The van der Waals surface area contributed by atoms with E-state index in [0.717, 1.165) is 36.6 Å². The van der Waals surface area contributed by atoms with E-state index in [2.05, 4.69) is 109 Å². The molecule has 0 radical (unpaired) electrons. The van der Waals surface area contributed by atoms with E-state index < -0.39 is 11.0 Å². The Bertz CT molecular complexity index is 1450. The maximum absolute atomic E-state index is 14.4. The zero-order valence-corrected chi connectivity index (χ0v) is 22.5. The van der Waals surface area contributed by atoms with Crippen molar-refractivity contribution >= 4 is 17.3 Å². The van der Waals surface area contributed by atoms with E-state index in [1.54, 1.807) is 0 Å². The quantitative estimate of drug-likeness (QED) is 0.541. The third-order valence-corrected chi connectivity index (χ3v) is 9.64. The van der Waals surface area contributed by atoms with Crippen LogP contribution in [-0.2, 0) is 10.3 Å². The number of carbonyl (C=O) groups is 1. The molecule has 194 valence electrons. The van der Waals surface area contributed by atoms with Crippen LogP contribution in [0.5, 0.6) is 0 Å². The Labute approximate surface area is 224 Å². The number of benzene rings is 3. The van der Waals surface area contributed by atoms with E-state index in [4.69, 9.17) is 5.10 Å². The van der Waals surface area contributed by atoms with Crippen molar-refractivity contribution in [3.8, 4) is 0 Å². The van der Waals surface area contributed by atoms with Crippen molar-refractivity contribution in [3.05, 3.63) is 101 Å². The van der Waals surface area contributed by atoms with Crippen LogP contribution in [0.3, 0.4) is 0 Å². The Balaban J connectivity index is 1.47. The first-order valence-electron chi connectivity index (χ1n) is 13.6. The minimum absolute atomic E-state index is 0.0614. The largest absolute Gasteiger partial charge is 0.324 e. The lowest BCUT2D eigenvalue weighted by Crippen LogP contribution is -2.66. The van der Waals surface area contributed by atoms with Crippen LogP contribution in [0.25, 0.3) is 0 Å². The number of hydrogen-bond donors (Lipinski definition) is 2. The summed E-state index contributed by atoms with van der Waals surface area (Å²) in [6, 6.07) is 26.1. The molecule has 2 unspecified atom stereocenters. The predicted octanol–water partition coefficient (Wildman–Crippen LogP) is 4.43. The summed E-state index contributed by atoms with van der Waals surface area (Å²) in [6.07, 6.45) is 0. The molecule has 2 spiro atoms.